The van der Waals surface area contributed by atoms with E-state index >= 15 is 0 Å². The van der Waals surface area contributed by atoms with Crippen molar-refractivity contribution >= 4 is 28.7 Å². The molecule has 1 aromatic carbocycles. The van der Waals surface area contributed by atoms with Gasteiger partial charge in [0.05, 0.1) is 5.69 Å². The maximum Gasteiger partial charge on any atom is 0.322 e. The van der Waals surface area contributed by atoms with Crippen LogP contribution in [0.3, 0.4) is 0 Å². The standard InChI is InChI=1S/C17H19FN8O/c1-2-26-16-14(22-23-26)15(19-11-20-16)24-7-9-25(10-8-24)17(27)21-13-6-4-3-5-12(13)18/h3-6,11H,2,7-10H2,1H3,(H,21,27). The molecule has 0 radical (unpaired) electrons. The van der Waals surface area contributed by atoms with E-state index in [-0.39, 0.29) is 11.7 Å². The van der Waals surface area contributed by atoms with Crippen LogP contribution >= 0.6 is 0 Å². The van der Waals surface area contributed by atoms with Crippen molar-refractivity contribution in [1.82, 2.24) is 29.9 Å². The number of carbonyl (C=O) groups is 1. The first kappa shape index (κ1) is 17.1. The van der Waals surface area contributed by atoms with Gasteiger partial charge >= 0.3 is 6.03 Å². The van der Waals surface area contributed by atoms with Crippen LogP contribution in [-0.2, 0) is 6.54 Å². The predicted octanol–water partition coefficient (Wildman–Crippen LogP) is 1.73. The van der Waals surface area contributed by atoms with Crippen LogP contribution in [0.25, 0.3) is 11.2 Å². The third kappa shape index (κ3) is 3.25. The van der Waals surface area contributed by atoms with Crippen molar-refractivity contribution in [3.05, 3.63) is 36.4 Å². The monoisotopic (exact) mass is 370 g/mol. The zero-order chi connectivity index (χ0) is 18.8. The molecule has 2 aromatic heterocycles. The lowest BCUT2D eigenvalue weighted by atomic mass is 10.3. The molecular weight excluding hydrogens is 351 g/mol. The molecule has 140 valence electrons. The topological polar surface area (TPSA) is 92.1 Å². The number of carbonyl (C=O) groups excluding carboxylic acids is 1. The Labute approximate surface area is 154 Å². The molecule has 0 unspecified atom stereocenters. The van der Waals surface area contributed by atoms with Crippen LogP contribution in [0.1, 0.15) is 6.92 Å². The molecule has 2 amide bonds. The van der Waals surface area contributed by atoms with E-state index in [9.17, 15) is 9.18 Å². The fraction of sp³-hybridized carbons (Fsp3) is 0.353. The number of aromatic nitrogens is 5. The van der Waals surface area contributed by atoms with E-state index in [0.717, 1.165) is 0 Å². The number of rotatable bonds is 3. The number of piperazine rings is 1. The number of hydrogen-bond acceptors (Lipinski definition) is 6. The van der Waals surface area contributed by atoms with Crippen molar-refractivity contribution in [2.45, 2.75) is 13.5 Å². The molecule has 3 aromatic rings. The van der Waals surface area contributed by atoms with Crippen LogP contribution in [0, 0.1) is 5.82 Å². The first-order chi connectivity index (χ1) is 13.2. The van der Waals surface area contributed by atoms with Gasteiger partial charge < -0.3 is 15.1 Å². The van der Waals surface area contributed by atoms with Crippen molar-refractivity contribution < 1.29 is 9.18 Å². The molecule has 1 N–H and O–H groups in total. The average molecular weight is 370 g/mol. The second kappa shape index (κ2) is 7.14. The van der Waals surface area contributed by atoms with E-state index in [1.807, 2.05) is 6.92 Å². The lowest BCUT2D eigenvalue weighted by Crippen LogP contribution is -2.50. The quantitative estimate of drug-likeness (QED) is 0.755. The molecule has 0 saturated carbocycles. The van der Waals surface area contributed by atoms with Crippen molar-refractivity contribution in [2.75, 3.05) is 36.4 Å². The Balaban J connectivity index is 1.44. The van der Waals surface area contributed by atoms with Gasteiger partial charge in [0, 0.05) is 32.7 Å². The first-order valence-electron chi connectivity index (χ1n) is 8.77. The van der Waals surface area contributed by atoms with E-state index in [0.29, 0.717) is 49.7 Å². The highest BCUT2D eigenvalue weighted by Gasteiger charge is 2.25. The number of halogens is 1. The molecule has 10 heteroatoms. The van der Waals surface area contributed by atoms with Gasteiger partial charge in [-0.05, 0) is 19.1 Å². The van der Waals surface area contributed by atoms with E-state index in [2.05, 4.69) is 30.5 Å². The van der Waals surface area contributed by atoms with Gasteiger partial charge in [-0.25, -0.2) is 23.8 Å². The number of fused-ring (bicyclic) bond motifs is 1. The Morgan fingerprint density at radius 1 is 1.19 bits per heavy atom. The second-order valence-electron chi connectivity index (χ2n) is 6.16. The van der Waals surface area contributed by atoms with Crippen molar-refractivity contribution in [3.63, 3.8) is 0 Å². The summed E-state index contributed by atoms with van der Waals surface area (Å²) in [6.45, 7) is 4.83. The number of hydrogen-bond donors (Lipinski definition) is 1. The molecule has 1 aliphatic heterocycles. The largest absolute Gasteiger partial charge is 0.351 e. The maximum atomic E-state index is 13.7. The van der Waals surface area contributed by atoms with E-state index in [1.54, 1.807) is 21.7 Å². The van der Waals surface area contributed by atoms with Gasteiger partial charge in [-0.1, -0.05) is 17.3 Å². The van der Waals surface area contributed by atoms with Gasteiger partial charge in [0.15, 0.2) is 17.0 Å². The Hall–Kier alpha value is -3.30. The minimum absolute atomic E-state index is 0.179. The highest BCUT2D eigenvalue weighted by Crippen LogP contribution is 2.22. The van der Waals surface area contributed by atoms with Crippen molar-refractivity contribution in [3.8, 4) is 0 Å². The van der Waals surface area contributed by atoms with Crippen LogP contribution in [0.5, 0.6) is 0 Å². The summed E-state index contributed by atoms with van der Waals surface area (Å²) in [4.78, 5) is 24.7. The predicted molar refractivity (Wildman–Crippen MR) is 98.0 cm³/mol. The van der Waals surface area contributed by atoms with Gasteiger partial charge in [-0.3, -0.25) is 0 Å². The number of amides is 2. The SMILES string of the molecule is CCn1nnc2c(N3CCN(C(=O)Nc4ccccc4F)CC3)ncnc21. The Morgan fingerprint density at radius 2 is 1.96 bits per heavy atom. The molecule has 0 spiro atoms. The third-order valence-electron chi connectivity index (χ3n) is 4.56. The number of benzene rings is 1. The molecule has 0 aliphatic carbocycles. The minimum Gasteiger partial charge on any atom is -0.351 e. The third-order valence-corrected chi connectivity index (χ3v) is 4.56. The molecule has 0 atom stereocenters. The molecule has 4 rings (SSSR count). The zero-order valence-electron chi connectivity index (χ0n) is 14.8. The van der Waals surface area contributed by atoms with Crippen LogP contribution in [0.2, 0.25) is 0 Å². The van der Waals surface area contributed by atoms with Crippen molar-refractivity contribution in [1.29, 1.82) is 0 Å². The fourth-order valence-corrected chi connectivity index (χ4v) is 3.10. The highest BCUT2D eigenvalue weighted by atomic mass is 19.1. The summed E-state index contributed by atoms with van der Waals surface area (Å²) in [6.07, 6.45) is 1.50. The van der Waals surface area contributed by atoms with E-state index < -0.39 is 5.82 Å². The minimum atomic E-state index is -0.452. The van der Waals surface area contributed by atoms with Crippen molar-refractivity contribution in [2.24, 2.45) is 0 Å². The normalized spacial score (nSPS) is 14.6. The van der Waals surface area contributed by atoms with Crippen LogP contribution in [-0.4, -0.2) is 62.1 Å². The van der Waals surface area contributed by atoms with Gasteiger partial charge in [-0.2, -0.15) is 0 Å². The fourth-order valence-electron chi connectivity index (χ4n) is 3.10. The summed E-state index contributed by atoms with van der Waals surface area (Å²) in [5.74, 6) is 0.265. The Kier molecular flexibility index (Phi) is 4.53. The number of nitrogens with zero attached hydrogens (tertiary/aromatic N) is 7. The summed E-state index contributed by atoms with van der Waals surface area (Å²) in [5, 5.41) is 10.9. The lowest BCUT2D eigenvalue weighted by molar-refractivity contribution is 0.208. The molecular formula is C17H19FN8O. The van der Waals surface area contributed by atoms with Gasteiger partial charge in [0.2, 0.25) is 0 Å². The smallest absolute Gasteiger partial charge is 0.322 e. The van der Waals surface area contributed by atoms with Gasteiger partial charge in [0.1, 0.15) is 12.1 Å². The summed E-state index contributed by atoms with van der Waals surface area (Å²) in [6, 6.07) is 5.81. The average Bonchev–Trinajstić information content (AvgIpc) is 3.13. The number of anilines is 2. The van der Waals surface area contributed by atoms with Crippen LogP contribution in [0.15, 0.2) is 30.6 Å². The van der Waals surface area contributed by atoms with Crippen LogP contribution < -0.4 is 10.2 Å². The number of nitrogens with one attached hydrogen (secondary N) is 1. The summed E-state index contributed by atoms with van der Waals surface area (Å²) < 4.78 is 15.4. The number of aryl methyl sites for hydroxylation is 1. The molecule has 27 heavy (non-hydrogen) atoms. The number of urea groups is 1. The van der Waals surface area contributed by atoms with E-state index in [1.165, 1.54) is 18.5 Å². The van der Waals surface area contributed by atoms with Crippen LogP contribution in [0.4, 0.5) is 20.7 Å². The second-order valence-corrected chi connectivity index (χ2v) is 6.16. The summed E-state index contributed by atoms with van der Waals surface area (Å²) in [5.41, 5.74) is 1.53. The lowest BCUT2D eigenvalue weighted by Gasteiger charge is -2.35. The molecule has 3 heterocycles. The highest BCUT2D eigenvalue weighted by molar-refractivity contribution is 5.89. The van der Waals surface area contributed by atoms with Gasteiger partial charge in [0.25, 0.3) is 0 Å². The molecule has 1 fully saturated rings. The molecule has 1 saturated heterocycles. The zero-order valence-corrected chi connectivity index (χ0v) is 14.8. The first-order valence-corrected chi connectivity index (χ1v) is 8.77. The maximum absolute atomic E-state index is 13.7. The van der Waals surface area contributed by atoms with Gasteiger partial charge in [-0.15, -0.1) is 5.10 Å². The molecule has 9 nitrogen and oxygen atoms in total. The Bertz CT molecular complexity index is 966. The summed E-state index contributed by atoms with van der Waals surface area (Å²) >= 11 is 0. The Morgan fingerprint density at radius 3 is 2.70 bits per heavy atom. The van der Waals surface area contributed by atoms with E-state index in [4.69, 9.17) is 0 Å². The molecule has 1 aliphatic rings. The molecule has 0 bridgehead atoms. The number of para-hydroxylation sites is 1. The summed E-state index contributed by atoms with van der Waals surface area (Å²) in [7, 11) is 0.